The molecule has 2 N–H and O–H groups in total. The maximum atomic E-state index is 13.3. The van der Waals surface area contributed by atoms with Crippen LogP contribution in [-0.2, 0) is 20.6 Å². The molecular formula is C27H37N3O4. The monoisotopic (exact) mass is 467 g/mol. The Morgan fingerprint density at radius 1 is 1.18 bits per heavy atom. The first-order valence-corrected chi connectivity index (χ1v) is 12.3. The molecule has 1 fully saturated rings. The van der Waals surface area contributed by atoms with Gasteiger partial charge < -0.3 is 24.8 Å². The van der Waals surface area contributed by atoms with Gasteiger partial charge in [-0.15, -0.1) is 0 Å². The van der Waals surface area contributed by atoms with Crippen LogP contribution in [-0.4, -0.2) is 69.3 Å². The second kappa shape index (κ2) is 11.3. The fraction of sp³-hybridized carbons (Fsp3) is 0.519. The Labute approximate surface area is 202 Å². The van der Waals surface area contributed by atoms with Gasteiger partial charge in [-0.3, -0.25) is 9.69 Å². The lowest BCUT2D eigenvalue weighted by Gasteiger charge is -2.51. The van der Waals surface area contributed by atoms with E-state index in [0.717, 1.165) is 55.0 Å². The summed E-state index contributed by atoms with van der Waals surface area (Å²) in [5, 5.41) is 6.82. The van der Waals surface area contributed by atoms with Crippen molar-refractivity contribution < 1.29 is 19.0 Å². The van der Waals surface area contributed by atoms with Crippen molar-refractivity contribution >= 4 is 5.91 Å². The lowest BCUT2D eigenvalue weighted by molar-refractivity contribution is -0.156. The molecule has 1 amide bonds. The van der Waals surface area contributed by atoms with Crippen molar-refractivity contribution in [2.45, 2.75) is 45.0 Å². The minimum absolute atomic E-state index is 0.0820. The van der Waals surface area contributed by atoms with Gasteiger partial charge in [0, 0.05) is 56.3 Å². The Morgan fingerprint density at radius 2 is 1.97 bits per heavy atom. The molecule has 1 aromatic rings. The van der Waals surface area contributed by atoms with Crippen molar-refractivity contribution in [3.05, 3.63) is 70.5 Å². The summed E-state index contributed by atoms with van der Waals surface area (Å²) in [4.78, 5) is 15.7. The Kier molecular flexibility index (Phi) is 8.21. The van der Waals surface area contributed by atoms with E-state index in [0.29, 0.717) is 37.8 Å². The third kappa shape index (κ3) is 5.13. The zero-order valence-electron chi connectivity index (χ0n) is 20.6. The van der Waals surface area contributed by atoms with E-state index in [4.69, 9.17) is 14.2 Å². The minimum Gasteiger partial charge on any atom is -0.381 e. The molecule has 0 aliphatic carbocycles. The minimum atomic E-state index is -0.878. The van der Waals surface area contributed by atoms with Crippen molar-refractivity contribution in [2.24, 2.45) is 0 Å². The summed E-state index contributed by atoms with van der Waals surface area (Å²) in [6.07, 6.45) is 8.75. The molecule has 3 heterocycles. The summed E-state index contributed by atoms with van der Waals surface area (Å²) >= 11 is 0. The molecule has 0 bridgehead atoms. The highest BCUT2D eigenvalue weighted by Gasteiger charge is 2.46. The quantitative estimate of drug-likeness (QED) is 0.524. The number of hydrogen-bond donors (Lipinski definition) is 2. The molecule has 3 aliphatic heterocycles. The lowest BCUT2D eigenvalue weighted by Crippen LogP contribution is -2.66. The van der Waals surface area contributed by atoms with Crippen molar-refractivity contribution in [3.63, 3.8) is 0 Å². The number of carbonyl (C=O) groups excluding carboxylic acids is 1. The van der Waals surface area contributed by atoms with E-state index in [1.807, 2.05) is 37.3 Å². The summed E-state index contributed by atoms with van der Waals surface area (Å²) in [5.74, 6) is -0.960. The Bertz CT molecular complexity index is 964. The van der Waals surface area contributed by atoms with E-state index in [1.165, 1.54) is 0 Å². The number of rotatable bonds is 4. The molecule has 0 radical (unpaired) electrons. The van der Waals surface area contributed by atoms with Crippen LogP contribution >= 0.6 is 0 Å². The highest BCUT2D eigenvalue weighted by atomic mass is 16.5. The van der Waals surface area contributed by atoms with Gasteiger partial charge in [-0.2, -0.15) is 0 Å². The maximum absolute atomic E-state index is 13.3. The molecule has 0 spiro atoms. The van der Waals surface area contributed by atoms with E-state index in [-0.39, 0.29) is 5.91 Å². The van der Waals surface area contributed by atoms with Crippen molar-refractivity contribution in [1.82, 2.24) is 15.5 Å². The number of hydrogen-bond acceptors (Lipinski definition) is 6. The number of amides is 1. The molecule has 7 nitrogen and oxygen atoms in total. The predicted molar refractivity (Wildman–Crippen MR) is 132 cm³/mol. The van der Waals surface area contributed by atoms with Gasteiger partial charge in [-0.05, 0) is 49.5 Å². The van der Waals surface area contributed by atoms with Gasteiger partial charge in [0.15, 0.2) is 0 Å². The van der Waals surface area contributed by atoms with Gasteiger partial charge >= 0.3 is 0 Å². The number of likely N-dealkylation sites (N-methyl/N-ethyl adjacent to an activating group) is 1. The molecule has 1 atom stereocenters. The number of nitrogens with one attached hydrogen (secondary N) is 2. The van der Waals surface area contributed by atoms with Crippen LogP contribution in [0.4, 0.5) is 0 Å². The van der Waals surface area contributed by atoms with Gasteiger partial charge in [0.25, 0.3) is 5.91 Å². The molecule has 1 unspecified atom stereocenters. The molecule has 3 aliphatic rings. The summed E-state index contributed by atoms with van der Waals surface area (Å²) in [6, 6.07) is 8.07. The maximum Gasteiger partial charge on any atom is 0.251 e. The van der Waals surface area contributed by atoms with Gasteiger partial charge in [0.05, 0.1) is 13.2 Å². The van der Waals surface area contributed by atoms with Crippen molar-refractivity contribution in [1.29, 1.82) is 0 Å². The van der Waals surface area contributed by atoms with Crippen LogP contribution in [0.25, 0.3) is 0 Å². The van der Waals surface area contributed by atoms with Gasteiger partial charge in [0.1, 0.15) is 0 Å². The van der Waals surface area contributed by atoms with E-state index in [2.05, 4.69) is 34.6 Å². The number of carbonyl (C=O) groups is 1. The number of fused-ring (bicyclic) bond motifs is 1. The third-order valence-corrected chi connectivity index (χ3v) is 6.89. The van der Waals surface area contributed by atoms with Crippen LogP contribution < -0.4 is 10.6 Å². The number of benzene rings is 1. The number of nitrogens with zero attached hydrogens (tertiary/aromatic N) is 1. The highest BCUT2D eigenvalue weighted by molar-refractivity contribution is 5.95. The molecule has 1 saturated heterocycles. The zero-order valence-corrected chi connectivity index (χ0v) is 20.6. The third-order valence-electron chi connectivity index (χ3n) is 6.89. The summed E-state index contributed by atoms with van der Waals surface area (Å²) in [6.45, 7) is 7.78. The van der Waals surface area contributed by atoms with Crippen LogP contribution in [0.2, 0.25) is 0 Å². The first kappa shape index (κ1) is 24.7. The average Bonchev–Trinajstić information content (AvgIpc) is 2.87. The topological polar surface area (TPSA) is 72.1 Å². The molecule has 0 aromatic heterocycles. The van der Waals surface area contributed by atoms with Crippen molar-refractivity contribution in [3.8, 4) is 0 Å². The van der Waals surface area contributed by atoms with Crippen LogP contribution in [0.3, 0.4) is 0 Å². The predicted octanol–water partition coefficient (Wildman–Crippen LogP) is 3.15. The summed E-state index contributed by atoms with van der Waals surface area (Å²) in [7, 11) is 1.74. The normalized spacial score (nSPS) is 25.6. The number of dihydropyridines is 1. The Morgan fingerprint density at radius 3 is 2.74 bits per heavy atom. The Balaban J connectivity index is 1.74. The van der Waals surface area contributed by atoms with Crippen LogP contribution in [0.5, 0.6) is 0 Å². The van der Waals surface area contributed by atoms with Gasteiger partial charge in [-0.1, -0.05) is 37.3 Å². The highest BCUT2D eigenvalue weighted by Crippen LogP contribution is 2.35. The molecule has 1 aromatic carbocycles. The van der Waals surface area contributed by atoms with E-state index in [1.54, 1.807) is 7.11 Å². The van der Waals surface area contributed by atoms with E-state index in [9.17, 15) is 4.79 Å². The number of ether oxygens (including phenoxy) is 3. The molecule has 7 heteroatoms. The standard InChI is InChI=1S/C27H37N3O4/c1-4-30(23-12-15-33-16-13-23)27(32-3)25-18-28-26(31)24-11-6-5-9-21(24)10-7-8-14-34-19-22(25)17-20(2)29-27/h5-9,11,17,23,29H,4,10,12-16,18-19H2,1-3H3,(H,28,31)/b8-7-. The Hall–Kier alpha value is -2.45. The second-order valence-corrected chi connectivity index (χ2v) is 8.96. The van der Waals surface area contributed by atoms with Gasteiger partial charge in [-0.25, -0.2) is 0 Å². The summed E-state index contributed by atoms with van der Waals surface area (Å²) in [5.41, 5.74) is 4.71. The SMILES string of the molecule is CCN(C1CCOCC1)C1(OC)NC(C)=CC2=C1CNC(=O)c1ccccc1C/C=C\COC2. The van der Waals surface area contributed by atoms with Crippen LogP contribution in [0.15, 0.2) is 59.3 Å². The van der Waals surface area contributed by atoms with Crippen LogP contribution in [0.1, 0.15) is 42.6 Å². The molecule has 4 rings (SSSR count). The first-order chi connectivity index (χ1) is 16.6. The molecular weight excluding hydrogens is 430 g/mol. The van der Waals surface area contributed by atoms with E-state index < -0.39 is 5.85 Å². The van der Waals surface area contributed by atoms with Crippen molar-refractivity contribution in [2.75, 3.05) is 46.6 Å². The fourth-order valence-corrected chi connectivity index (χ4v) is 5.28. The lowest BCUT2D eigenvalue weighted by atomic mass is 9.93. The smallest absolute Gasteiger partial charge is 0.251 e. The van der Waals surface area contributed by atoms with Gasteiger partial charge in [0.2, 0.25) is 5.85 Å². The fourth-order valence-electron chi connectivity index (χ4n) is 5.28. The average molecular weight is 468 g/mol. The van der Waals surface area contributed by atoms with Crippen LogP contribution in [0, 0.1) is 0 Å². The molecule has 34 heavy (non-hydrogen) atoms. The first-order valence-electron chi connectivity index (χ1n) is 12.3. The zero-order chi connectivity index (χ0) is 24.0. The number of allylic oxidation sites excluding steroid dienone is 2. The second-order valence-electron chi connectivity index (χ2n) is 8.96. The molecule has 184 valence electrons. The summed E-state index contributed by atoms with van der Waals surface area (Å²) < 4.78 is 18.0. The molecule has 0 saturated carbocycles. The number of methoxy groups -OCH3 is 1. The largest absolute Gasteiger partial charge is 0.381 e. The van der Waals surface area contributed by atoms with E-state index >= 15 is 0 Å².